The van der Waals surface area contributed by atoms with E-state index >= 15 is 0 Å². The molecule has 1 fully saturated rings. The standard InChI is InChI=1S/C15H20F3N5O2/c1-11(19)8-21-25-10-14(24)23-6-4-22(5-7-23)13-3-2-12(9-20-13)15(16,17)18/h2-3,8-9,11H,4-7,10,19H2,1H3/b21-8+. The number of alkyl halides is 3. The summed E-state index contributed by atoms with van der Waals surface area (Å²) in [7, 11) is 0. The molecule has 1 aromatic heterocycles. The topological polar surface area (TPSA) is 84.0 Å². The van der Waals surface area contributed by atoms with Crippen LogP contribution in [0.1, 0.15) is 12.5 Å². The fourth-order valence-corrected chi connectivity index (χ4v) is 2.25. The van der Waals surface area contributed by atoms with E-state index < -0.39 is 11.7 Å². The predicted octanol–water partition coefficient (Wildman–Crippen LogP) is 1.10. The normalized spacial score (nSPS) is 17.0. The van der Waals surface area contributed by atoms with Crippen molar-refractivity contribution in [2.24, 2.45) is 10.9 Å². The lowest BCUT2D eigenvalue weighted by Gasteiger charge is -2.35. The van der Waals surface area contributed by atoms with Gasteiger partial charge >= 0.3 is 6.18 Å². The second-order valence-electron chi connectivity index (χ2n) is 5.66. The zero-order valence-electron chi connectivity index (χ0n) is 13.7. The van der Waals surface area contributed by atoms with Crippen LogP contribution in [0.3, 0.4) is 0 Å². The lowest BCUT2D eigenvalue weighted by molar-refractivity contribution is -0.138. The van der Waals surface area contributed by atoms with E-state index in [0.29, 0.717) is 32.0 Å². The molecule has 7 nitrogen and oxygen atoms in total. The highest BCUT2D eigenvalue weighted by Gasteiger charge is 2.31. The van der Waals surface area contributed by atoms with E-state index in [4.69, 9.17) is 10.6 Å². The molecule has 0 saturated carbocycles. The number of hydrogen-bond acceptors (Lipinski definition) is 6. The van der Waals surface area contributed by atoms with Gasteiger partial charge < -0.3 is 20.4 Å². The average molecular weight is 359 g/mol. The molecular formula is C15H20F3N5O2. The Labute approximate surface area is 143 Å². The number of nitrogens with two attached hydrogens (primary N) is 1. The molecule has 1 saturated heterocycles. The number of piperazine rings is 1. The average Bonchev–Trinajstić information content (AvgIpc) is 2.58. The summed E-state index contributed by atoms with van der Waals surface area (Å²) in [6, 6.07) is 2.09. The summed E-state index contributed by atoms with van der Waals surface area (Å²) >= 11 is 0. The molecule has 1 amide bonds. The van der Waals surface area contributed by atoms with E-state index in [1.807, 2.05) is 4.90 Å². The van der Waals surface area contributed by atoms with Crippen molar-refractivity contribution in [1.82, 2.24) is 9.88 Å². The van der Waals surface area contributed by atoms with E-state index in [9.17, 15) is 18.0 Å². The van der Waals surface area contributed by atoms with Crippen LogP contribution in [-0.4, -0.2) is 60.8 Å². The molecule has 0 radical (unpaired) electrons. The zero-order valence-corrected chi connectivity index (χ0v) is 13.7. The van der Waals surface area contributed by atoms with Crippen LogP contribution in [0.25, 0.3) is 0 Å². The molecule has 1 aliphatic heterocycles. The Bertz CT molecular complexity index is 596. The second kappa shape index (κ2) is 8.15. The van der Waals surface area contributed by atoms with Gasteiger partial charge in [-0.2, -0.15) is 13.2 Å². The number of rotatable bonds is 5. The molecule has 138 valence electrons. The first kappa shape index (κ1) is 19.0. The Morgan fingerprint density at radius 1 is 1.40 bits per heavy atom. The highest BCUT2D eigenvalue weighted by molar-refractivity contribution is 5.77. The summed E-state index contributed by atoms with van der Waals surface area (Å²) in [5.41, 5.74) is 4.67. The summed E-state index contributed by atoms with van der Waals surface area (Å²) in [5, 5.41) is 3.59. The first-order valence-electron chi connectivity index (χ1n) is 7.74. The van der Waals surface area contributed by atoms with E-state index in [2.05, 4.69) is 10.1 Å². The molecule has 0 aromatic carbocycles. The number of aromatic nitrogens is 1. The smallest absolute Gasteiger partial charge is 0.386 e. The number of carbonyl (C=O) groups is 1. The maximum Gasteiger partial charge on any atom is 0.417 e. The van der Waals surface area contributed by atoms with Gasteiger partial charge in [0, 0.05) is 38.4 Å². The van der Waals surface area contributed by atoms with Crippen LogP contribution < -0.4 is 10.6 Å². The molecule has 10 heteroatoms. The van der Waals surface area contributed by atoms with Crippen molar-refractivity contribution >= 4 is 17.9 Å². The first-order valence-corrected chi connectivity index (χ1v) is 7.74. The summed E-state index contributed by atoms with van der Waals surface area (Å²) in [6.07, 6.45) is -2.19. The Morgan fingerprint density at radius 2 is 2.08 bits per heavy atom. The predicted molar refractivity (Wildman–Crippen MR) is 86.1 cm³/mol. The minimum absolute atomic E-state index is 0.179. The summed E-state index contributed by atoms with van der Waals surface area (Å²) in [6.45, 7) is 3.37. The van der Waals surface area contributed by atoms with E-state index in [1.165, 1.54) is 12.3 Å². The lowest BCUT2D eigenvalue weighted by atomic mass is 10.2. The molecule has 0 bridgehead atoms. The van der Waals surface area contributed by atoms with Crippen LogP contribution in [0.5, 0.6) is 0 Å². The van der Waals surface area contributed by atoms with Crippen LogP contribution in [-0.2, 0) is 15.8 Å². The Balaban J connectivity index is 1.82. The van der Waals surface area contributed by atoms with Gasteiger partial charge in [0.15, 0.2) is 6.61 Å². The van der Waals surface area contributed by atoms with Crippen LogP contribution in [0.15, 0.2) is 23.5 Å². The van der Waals surface area contributed by atoms with Gasteiger partial charge in [-0.1, -0.05) is 5.16 Å². The fraction of sp³-hybridized carbons (Fsp3) is 0.533. The van der Waals surface area contributed by atoms with Gasteiger partial charge in [-0.3, -0.25) is 4.79 Å². The van der Waals surface area contributed by atoms with Crippen LogP contribution in [0.2, 0.25) is 0 Å². The van der Waals surface area contributed by atoms with Crippen molar-refractivity contribution in [2.45, 2.75) is 19.1 Å². The molecule has 0 spiro atoms. The summed E-state index contributed by atoms with van der Waals surface area (Å²) in [5.74, 6) is 0.250. The highest BCUT2D eigenvalue weighted by atomic mass is 19.4. The van der Waals surface area contributed by atoms with Crippen molar-refractivity contribution in [3.63, 3.8) is 0 Å². The van der Waals surface area contributed by atoms with Gasteiger partial charge in [-0.15, -0.1) is 0 Å². The number of oxime groups is 1. The van der Waals surface area contributed by atoms with Crippen molar-refractivity contribution in [3.05, 3.63) is 23.9 Å². The summed E-state index contributed by atoms with van der Waals surface area (Å²) in [4.78, 5) is 24.2. The first-order chi connectivity index (χ1) is 11.8. The van der Waals surface area contributed by atoms with Crippen LogP contribution in [0.4, 0.5) is 19.0 Å². The third-order valence-electron chi connectivity index (χ3n) is 3.59. The summed E-state index contributed by atoms with van der Waals surface area (Å²) < 4.78 is 37.6. The SMILES string of the molecule is CC(N)/C=N/OCC(=O)N1CCN(c2ccc(C(F)(F)F)cn2)CC1. The molecule has 2 rings (SSSR count). The highest BCUT2D eigenvalue weighted by Crippen LogP contribution is 2.29. The molecule has 25 heavy (non-hydrogen) atoms. The minimum atomic E-state index is -4.40. The molecular weight excluding hydrogens is 339 g/mol. The van der Waals surface area contributed by atoms with Crippen LogP contribution >= 0.6 is 0 Å². The van der Waals surface area contributed by atoms with E-state index in [0.717, 1.165) is 12.3 Å². The zero-order chi connectivity index (χ0) is 18.4. The largest absolute Gasteiger partial charge is 0.417 e. The number of amides is 1. The third-order valence-corrected chi connectivity index (χ3v) is 3.59. The van der Waals surface area contributed by atoms with Gasteiger partial charge in [-0.05, 0) is 19.1 Å². The molecule has 1 unspecified atom stereocenters. The number of nitrogens with zero attached hydrogens (tertiary/aromatic N) is 4. The van der Waals surface area contributed by atoms with Crippen molar-refractivity contribution < 1.29 is 22.8 Å². The maximum absolute atomic E-state index is 12.5. The monoisotopic (exact) mass is 359 g/mol. The molecule has 2 N–H and O–H groups in total. The molecule has 1 aromatic rings. The number of anilines is 1. The number of carbonyl (C=O) groups excluding carboxylic acids is 1. The Morgan fingerprint density at radius 3 is 2.60 bits per heavy atom. The Kier molecular flexibility index (Phi) is 6.18. The maximum atomic E-state index is 12.5. The van der Waals surface area contributed by atoms with E-state index in [1.54, 1.807) is 11.8 Å². The van der Waals surface area contributed by atoms with Gasteiger partial charge in [0.1, 0.15) is 5.82 Å². The Hall–Kier alpha value is -2.36. The lowest BCUT2D eigenvalue weighted by Crippen LogP contribution is -2.49. The van der Waals surface area contributed by atoms with Gasteiger partial charge in [0.2, 0.25) is 0 Å². The van der Waals surface area contributed by atoms with Crippen molar-refractivity contribution in [3.8, 4) is 0 Å². The van der Waals surface area contributed by atoms with Crippen molar-refractivity contribution in [2.75, 3.05) is 37.7 Å². The molecule has 1 atom stereocenters. The van der Waals surface area contributed by atoms with Gasteiger partial charge in [0.25, 0.3) is 5.91 Å². The molecule has 1 aliphatic rings. The molecule has 2 heterocycles. The van der Waals surface area contributed by atoms with Crippen LogP contribution in [0, 0.1) is 0 Å². The second-order valence-corrected chi connectivity index (χ2v) is 5.66. The number of hydrogen-bond donors (Lipinski definition) is 1. The number of halogens is 3. The quantitative estimate of drug-likeness (QED) is 0.629. The van der Waals surface area contributed by atoms with Gasteiger partial charge in [-0.25, -0.2) is 4.98 Å². The third kappa shape index (κ3) is 5.59. The minimum Gasteiger partial charge on any atom is -0.386 e. The fourth-order valence-electron chi connectivity index (χ4n) is 2.25. The van der Waals surface area contributed by atoms with Gasteiger partial charge in [0.05, 0.1) is 11.8 Å². The number of pyridine rings is 1. The molecule has 0 aliphatic carbocycles. The van der Waals surface area contributed by atoms with E-state index in [-0.39, 0.29) is 18.6 Å². The van der Waals surface area contributed by atoms with Crippen molar-refractivity contribution in [1.29, 1.82) is 0 Å².